The first kappa shape index (κ1) is 22.6. The van der Waals surface area contributed by atoms with Crippen molar-refractivity contribution in [2.45, 2.75) is 59.9 Å². The molecule has 4 heterocycles. The third-order valence-corrected chi connectivity index (χ3v) is 7.01. The zero-order chi connectivity index (χ0) is 22.8. The molecule has 1 fully saturated rings. The van der Waals surface area contributed by atoms with Gasteiger partial charge in [0.2, 0.25) is 17.8 Å². The monoisotopic (exact) mass is 456 g/mol. The molecule has 2 amide bonds. The van der Waals surface area contributed by atoms with E-state index in [2.05, 4.69) is 39.0 Å². The van der Waals surface area contributed by atoms with Crippen molar-refractivity contribution in [1.29, 1.82) is 0 Å². The van der Waals surface area contributed by atoms with Crippen molar-refractivity contribution >= 4 is 34.2 Å². The molecule has 2 aromatic rings. The van der Waals surface area contributed by atoms with Crippen LogP contribution in [0.3, 0.4) is 0 Å². The molecule has 8 nitrogen and oxygen atoms in total. The molecule has 0 spiro atoms. The molecule has 0 radical (unpaired) electrons. The first-order valence-corrected chi connectivity index (χ1v) is 12.2. The van der Waals surface area contributed by atoms with Crippen LogP contribution in [-0.4, -0.2) is 51.3 Å². The third kappa shape index (κ3) is 5.26. The van der Waals surface area contributed by atoms with Crippen molar-refractivity contribution in [3.63, 3.8) is 0 Å². The highest BCUT2D eigenvalue weighted by Crippen LogP contribution is 2.30. The van der Waals surface area contributed by atoms with E-state index >= 15 is 0 Å². The molecule has 4 rings (SSSR count). The summed E-state index contributed by atoms with van der Waals surface area (Å²) >= 11 is 1.50. The molecular weight excluding hydrogens is 424 g/mol. The van der Waals surface area contributed by atoms with Crippen molar-refractivity contribution in [3.8, 4) is 0 Å². The van der Waals surface area contributed by atoms with E-state index in [9.17, 15) is 9.59 Å². The molecule has 0 atom stereocenters. The van der Waals surface area contributed by atoms with E-state index in [0.29, 0.717) is 30.6 Å². The second-order valence-electron chi connectivity index (χ2n) is 9.25. The van der Waals surface area contributed by atoms with Crippen molar-refractivity contribution in [3.05, 3.63) is 28.0 Å². The number of hydrogen-bond donors (Lipinski definition) is 1. The maximum atomic E-state index is 12.9. The van der Waals surface area contributed by atoms with E-state index in [4.69, 9.17) is 0 Å². The van der Waals surface area contributed by atoms with Gasteiger partial charge in [0.25, 0.3) is 0 Å². The lowest BCUT2D eigenvalue weighted by atomic mass is 9.96. The highest BCUT2D eigenvalue weighted by Gasteiger charge is 2.29. The quantitative estimate of drug-likeness (QED) is 0.742. The summed E-state index contributed by atoms with van der Waals surface area (Å²) < 4.78 is 0. The Morgan fingerprint density at radius 2 is 1.81 bits per heavy atom. The number of nitrogens with one attached hydrogen (secondary N) is 1. The largest absolute Gasteiger partial charge is 0.341 e. The Morgan fingerprint density at radius 1 is 1.12 bits per heavy atom. The highest BCUT2D eigenvalue weighted by molar-refractivity contribution is 7.15. The van der Waals surface area contributed by atoms with Crippen LogP contribution in [0, 0.1) is 25.7 Å². The van der Waals surface area contributed by atoms with Crippen LogP contribution in [-0.2, 0) is 22.6 Å². The number of hydrogen-bond acceptors (Lipinski definition) is 7. The van der Waals surface area contributed by atoms with Gasteiger partial charge in [-0.05, 0) is 38.7 Å². The van der Waals surface area contributed by atoms with Gasteiger partial charge in [0.05, 0.1) is 12.2 Å². The summed E-state index contributed by atoms with van der Waals surface area (Å²) in [7, 11) is 0. The number of carbonyl (C=O) groups is 2. The average molecular weight is 457 g/mol. The van der Waals surface area contributed by atoms with Gasteiger partial charge < -0.3 is 15.1 Å². The first-order valence-electron chi connectivity index (χ1n) is 11.4. The number of piperidine rings is 1. The summed E-state index contributed by atoms with van der Waals surface area (Å²) in [5.74, 6) is 1.30. The molecule has 1 saturated heterocycles. The predicted octanol–water partition coefficient (Wildman–Crippen LogP) is 3.34. The SMILES string of the molecule is Cc1cc(C)nc(N2CCC(C(=O)Nc3nc4c(s3)CN(C(=O)CC(C)C)CC4)CC2)n1. The Labute approximate surface area is 193 Å². The smallest absolute Gasteiger partial charge is 0.229 e. The lowest BCUT2D eigenvalue weighted by Crippen LogP contribution is -2.39. The summed E-state index contributed by atoms with van der Waals surface area (Å²) in [6, 6.07) is 1.97. The molecule has 2 aliphatic heterocycles. The number of amides is 2. The van der Waals surface area contributed by atoms with Gasteiger partial charge in [-0.2, -0.15) is 0 Å². The van der Waals surface area contributed by atoms with Crippen LogP contribution in [0.25, 0.3) is 0 Å². The second-order valence-corrected chi connectivity index (χ2v) is 10.3. The van der Waals surface area contributed by atoms with Crippen LogP contribution in [0.15, 0.2) is 6.07 Å². The summed E-state index contributed by atoms with van der Waals surface area (Å²) in [6.45, 7) is 10.9. The van der Waals surface area contributed by atoms with E-state index in [1.54, 1.807) is 0 Å². The number of aryl methyl sites for hydroxylation is 2. The fourth-order valence-corrected chi connectivity index (χ4v) is 5.36. The lowest BCUT2D eigenvalue weighted by Gasteiger charge is -2.31. The molecule has 0 bridgehead atoms. The number of rotatable bonds is 5. The summed E-state index contributed by atoms with van der Waals surface area (Å²) in [5.41, 5.74) is 2.94. The predicted molar refractivity (Wildman–Crippen MR) is 126 cm³/mol. The Bertz CT molecular complexity index is 976. The molecular formula is C23H32N6O2S. The Balaban J connectivity index is 1.32. The van der Waals surface area contributed by atoms with Crippen molar-refractivity contribution in [2.24, 2.45) is 11.8 Å². The minimum atomic E-state index is -0.0396. The molecule has 0 aromatic carbocycles. The topological polar surface area (TPSA) is 91.3 Å². The van der Waals surface area contributed by atoms with Gasteiger partial charge in [0.15, 0.2) is 5.13 Å². The Morgan fingerprint density at radius 3 is 2.47 bits per heavy atom. The number of thiazole rings is 1. The molecule has 0 saturated carbocycles. The van der Waals surface area contributed by atoms with E-state index in [-0.39, 0.29) is 17.7 Å². The zero-order valence-electron chi connectivity index (χ0n) is 19.3. The van der Waals surface area contributed by atoms with E-state index in [1.807, 2.05) is 24.8 Å². The first-order chi connectivity index (χ1) is 15.3. The number of fused-ring (bicyclic) bond motifs is 1. The molecule has 2 aromatic heterocycles. The lowest BCUT2D eigenvalue weighted by molar-refractivity contribution is -0.132. The molecule has 2 aliphatic rings. The van der Waals surface area contributed by atoms with Gasteiger partial charge in [-0.25, -0.2) is 15.0 Å². The number of aromatic nitrogens is 3. The summed E-state index contributed by atoms with van der Waals surface area (Å²) in [5, 5.41) is 3.68. The van der Waals surface area contributed by atoms with E-state index in [1.165, 1.54) is 11.3 Å². The molecule has 172 valence electrons. The van der Waals surface area contributed by atoms with E-state index < -0.39 is 0 Å². The van der Waals surface area contributed by atoms with Crippen LogP contribution in [0.1, 0.15) is 55.1 Å². The van der Waals surface area contributed by atoms with Crippen molar-refractivity contribution in [1.82, 2.24) is 19.9 Å². The van der Waals surface area contributed by atoms with Gasteiger partial charge in [0, 0.05) is 54.7 Å². The maximum absolute atomic E-state index is 12.9. The normalized spacial score (nSPS) is 16.9. The summed E-state index contributed by atoms with van der Waals surface area (Å²) in [6.07, 6.45) is 2.86. The van der Waals surface area contributed by atoms with Gasteiger partial charge in [-0.15, -0.1) is 0 Å². The molecule has 0 aliphatic carbocycles. The average Bonchev–Trinajstić information content (AvgIpc) is 3.14. The molecule has 1 N–H and O–H groups in total. The Hall–Kier alpha value is -2.55. The fraction of sp³-hybridized carbons (Fsp3) is 0.609. The van der Waals surface area contributed by atoms with E-state index in [0.717, 1.165) is 60.3 Å². The number of anilines is 2. The van der Waals surface area contributed by atoms with Gasteiger partial charge in [-0.1, -0.05) is 25.2 Å². The zero-order valence-corrected chi connectivity index (χ0v) is 20.2. The van der Waals surface area contributed by atoms with Gasteiger partial charge in [0.1, 0.15) is 0 Å². The highest BCUT2D eigenvalue weighted by atomic mass is 32.1. The van der Waals surface area contributed by atoms with Crippen molar-refractivity contribution < 1.29 is 9.59 Å². The summed E-state index contributed by atoms with van der Waals surface area (Å²) in [4.78, 5) is 44.2. The van der Waals surface area contributed by atoms with Crippen LogP contribution < -0.4 is 10.2 Å². The van der Waals surface area contributed by atoms with Crippen LogP contribution in [0.2, 0.25) is 0 Å². The van der Waals surface area contributed by atoms with Crippen LogP contribution in [0.5, 0.6) is 0 Å². The fourth-order valence-electron chi connectivity index (χ4n) is 4.34. The standard InChI is InChI=1S/C23H32N6O2S/c1-14(2)11-20(30)29-10-7-18-19(13-29)32-23(26-18)27-21(31)17-5-8-28(9-6-17)22-24-15(3)12-16(4)25-22/h12,14,17H,5-11,13H2,1-4H3,(H,26,27,31). The van der Waals surface area contributed by atoms with Crippen molar-refractivity contribution in [2.75, 3.05) is 29.9 Å². The van der Waals surface area contributed by atoms with Gasteiger partial charge >= 0.3 is 0 Å². The van der Waals surface area contributed by atoms with Gasteiger partial charge in [-0.3, -0.25) is 9.59 Å². The minimum Gasteiger partial charge on any atom is -0.341 e. The molecule has 9 heteroatoms. The minimum absolute atomic E-state index is 0.0322. The number of nitrogens with zero attached hydrogens (tertiary/aromatic N) is 5. The van der Waals surface area contributed by atoms with Crippen LogP contribution >= 0.6 is 11.3 Å². The third-order valence-electron chi connectivity index (χ3n) is 6.02. The molecule has 32 heavy (non-hydrogen) atoms. The maximum Gasteiger partial charge on any atom is 0.229 e. The van der Waals surface area contributed by atoms with Crippen LogP contribution in [0.4, 0.5) is 11.1 Å². The second kappa shape index (κ2) is 9.52. The number of carbonyl (C=O) groups excluding carboxylic acids is 2. The molecule has 0 unspecified atom stereocenters. The Kier molecular flexibility index (Phi) is 6.74.